The molecule has 0 aliphatic rings. The molecule has 2 nitrogen and oxygen atoms in total. The van der Waals surface area contributed by atoms with Gasteiger partial charge < -0.3 is 33.6 Å². The molecular weight excluding hydrogens is 217 g/mol. The maximum absolute atomic E-state index is 10.2. The summed E-state index contributed by atoms with van der Waals surface area (Å²) in [5, 5.41) is 0. The van der Waals surface area contributed by atoms with E-state index in [0.717, 1.165) is 0 Å². The molecule has 0 spiro atoms. The molecule has 0 saturated heterocycles. The minimum absolute atomic E-state index is 0. The van der Waals surface area contributed by atoms with Crippen LogP contribution < -0.4 is 0 Å². The van der Waals surface area contributed by atoms with Gasteiger partial charge in [0.1, 0.15) is 0 Å². The van der Waals surface area contributed by atoms with E-state index in [1.807, 2.05) is 0 Å². The molecule has 0 heterocycles. The van der Waals surface area contributed by atoms with E-state index in [1.54, 1.807) is 6.92 Å². The van der Waals surface area contributed by atoms with E-state index < -0.39 is 5.77 Å². The molecule has 0 rings (SSSR count). The predicted octanol–water partition coefficient (Wildman–Crippen LogP) is 1.22. The first-order valence-electron chi connectivity index (χ1n) is 1.73. The van der Waals surface area contributed by atoms with Gasteiger partial charge in [-0.25, -0.2) is 0 Å². The van der Waals surface area contributed by atoms with Crippen molar-refractivity contribution in [2.45, 2.75) is 6.92 Å². The summed E-state index contributed by atoms with van der Waals surface area (Å²) in [6.45, 7) is 2.04. The quantitative estimate of drug-likeness (QED) is 0.398. The van der Waals surface area contributed by atoms with Crippen LogP contribution in [0.4, 0.5) is 0 Å². The van der Waals surface area contributed by atoms with Crippen molar-refractivity contribution in [2.75, 3.05) is 6.61 Å². The van der Waals surface area contributed by atoms with Crippen molar-refractivity contribution in [1.29, 1.82) is 0 Å². The fourth-order valence-electron chi connectivity index (χ4n) is 0.158. The van der Waals surface area contributed by atoms with Gasteiger partial charge in [0.15, 0.2) is 0 Å². The van der Waals surface area contributed by atoms with Crippen molar-refractivity contribution in [3.8, 4) is 0 Å². The van der Waals surface area contributed by atoms with Crippen LogP contribution in [-0.4, -0.2) is 6.61 Å². The average Bonchev–Trinajstić information content (AvgIpc) is 1.30. The number of rotatable bonds is 2. The summed E-state index contributed by atoms with van der Waals surface area (Å²) in [6.07, 6.45) is 0. The molecule has 0 amide bonds. The van der Waals surface area contributed by atoms with Crippen molar-refractivity contribution >= 4 is 30.3 Å². The molecule has 0 aliphatic heterocycles. The molecule has 6 heteroatoms. The van der Waals surface area contributed by atoms with Crippen LogP contribution in [0.2, 0.25) is 0 Å². The molecule has 0 aromatic rings. The number of hydrogen-bond acceptors (Lipinski definition) is 4. The van der Waals surface area contributed by atoms with Crippen molar-refractivity contribution in [3.63, 3.8) is 0 Å². The van der Waals surface area contributed by atoms with Crippen molar-refractivity contribution in [2.24, 2.45) is 0 Å². The van der Waals surface area contributed by atoms with Crippen LogP contribution in [0.15, 0.2) is 0 Å². The molecular formula is C2H5O2PS2Zn. The molecule has 0 aromatic heterocycles. The zero-order valence-corrected chi connectivity index (χ0v) is 9.99. The SMILES string of the molecule is CCOP(=O)([S-])[S-].[Zn+2]. The normalized spacial score (nSPS) is 10.4. The molecule has 0 saturated carbocycles. The van der Waals surface area contributed by atoms with Gasteiger partial charge in [0, 0.05) is 6.61 Å². The van der Waals surface area contributed by atoms with E-state index in [4.69, 9.17) is 0 Å². The average molecular weight is 222 g/mol. The van der Waals surface area contributed by atoms with Crippen molar-refractivity contribution in [3.05, 3.63) is 0 Å². The van der Waals surface area contributed by atoms with Crippen LogP contribution >= 0.6 is 5.77 Å². The third-order valence-electron chi connectivity index (χ3n) is 0.287. The van der Waals surface area contributed by atoms with E-state index in [2.05, 4.69) is 29.0 Å². The molecule has 0 radical (unpaired) electrons. The first-order valence-corrected chi connectivity index (χ1v) is 5.38. The third-order valence-corrected chi connectivity index (χ3v) is 1.49. The minimum atomic E-state index is -3.00. The molecule has 0 aromatic carbocycles. The van der Waals surface area contributed by atoms with Crippen LogP contribution in [0.3, 0.4) is 0 Å². The maximum atomic E-state index is 10.2. The first kappa shape index (κ1) is 12.2. The summed E-state index contributed by atoms with van der Waals surface area (Å²) in [5.41, 5.74) is 0. The zero-order chi connectivity index (χ0) is 5.91. The smallest absolute Gasteiger partial charge is 0.714 e. The fourth-order valence-corrected chi connectivity index (χ4v) is 1.11. The summed E-state index contributed by atoms with van der Waals surface area (Å²) in [5.74, 6) is -3.00. The van der Waals surface area contributed by atoms with Gasteiger partial charge in [0.25, 0.3) is 0 Å². The maximum Gasteiger partial charge on any atom is 2.00 e. The summed E-state index contributed by atoms with van der Waals surface area (Å²) in [7, 11) is 0. The Labute approximate surface area is 72.3 Å². The van der Waals surface area contributed by atoms with Gasteiger partial charge in [-0.15, -0.1) is 0 Å². The standard InChI is InChI=1S/C2H7O2PS2.Zn/c1-2-4-5(3,6)7;/h2H2,1H3,(H2,3,6,7);/q;+2/p-2. The monoisotopic (exact) mass is 220 g/mol. The topological polar surface area (TPSA) is 26.3 Å². The van der Waals surface area contributed by atoms with Gasteiger partial charge in [-0.05, 0) is 12.7 Å². The molecule has 44 valence electrons. The largest absolute Gasteiger partial charge is 2.00 e. The van der Waals surface area contributed by atoms with E-state index in [-0.39, 0.29) is 19.5 Å². The predicted molar refractivity (Wildman–Crippen MR) is 34.0 cm³/mol. The van der Waals surface area contributed by atoms with Gasteiger partial charge in [0.2, 0.25) is 0 Å². The van der Waals surface area contributed by atoms with Gasteiger partial charge in [-0.3, -0.25) is 0 Å². The van der Waals surface area contributed by atoms with Crippen LogP contribution in [0.5, 0.6) is 0 Å². The summed E-state index contributed by atoms with van der Waals surface area (Å²) in [4.78, 5) is 0. The summed E-state index contributed by atoms with van der Waals surface area (Å²) >= 11 is 8.46. The van der Waals surface area contributed by atoms with E-state index >= 15 is 0 Å². The Hall–Kier alpha value is 1.51. The molecule has 0 aliphatic carbocycles. The molecule has 0 N–H and O–H groups in total. The van der Waals surface area contributed by atoms with Crippen LogP contribution in [0.25, 0.3) is 0 Å². The molecule has 0 fully saturated rings. The Morgan fingerprint density at radius 3 is 2.00 bits per heavy atom. The van der Waals surface area contributed by atoms with E-state index in [1.165, 1.54) is 0 Å². The second-order valence-electron chi connectivity index (χ2n) is 0.865. The molecule has 8 heavy (non-hydrogen) atoms. The molecule has 0 atom stereocenters. The van der Waals surface area contributed by atoms with E-state index in [9.17, 15) is 4.57 Å². The second-order valence-corrected chi connectivity index (χ2v) is 5.60. The first-order chi connectivity index (χ1) is 3.06. The van der Waals surface area contributed by atoms with E-state index in [0.29, 0.717) is 6.61 Å². The Balaban J connectivity index is 0. The summed E-state index contributed by atoms with van der Waals surface area (Å²) < 4.78 is 14.6. The van der Waals surface area contributed by atoms with Crippen LogP contribution in [0, 0.1) is 0 Å². The molecule has 0 unspecified atom stereocenters. The summed E-state index contributed by atoms with van der Waals surface area (Å²) in [6, 6.07) is 0. The Morgan fingerprint density at radius 1 is 1.62 bits per heavy atom. The Morgan fingerprint density at radius 2 is 2.00 bits per heavy atom. The van der Waals surface area contributed by atoms with Gasteiger partial charge >= 0.3 is 19.5 Å². The van der Waals surface area contributed by atoms with Crippen LogP contribution in [-0.2, 0) is 53.1 Å². The van der Waals surface area contributed by atoms with Gasteiger partial charge in [-0.1, -0.05) is 0 Å². The zero-order valence-electron chi connectivity index (χ0n) is 4.49. The van der Waals surface area contributed by atoms with Gasteiger partial charge in [-0.2, -0.15) is 0 Å². The Kier molecular flexibility index (Phi) is 8.11. The second kappa shape index (κ2) is 5.31. The molecule has 0 bridgehead atoms. The van der Waals surface area contributed by atoms with Crippen molar-refractivity contribution in [1.82, 2.24) is 0 Å². The Bertz CT molecular complexity index is 92.0. The third kappa shape index (κ3) is 10.5. The number of hydrogen-bond donors (Lipinski definition) is 0. The minimum Gasteiger partial charge on any atom is -0.714 e. The van der Waals surface area contributed by atoms with Crippen LogP contribution in [0.1, 0.15) is 6.92 Å². The fraction of sp³-hybridized carbons (Fsp3) is 1.00. The van der Waals surface area contributed by atoms with Crippen molar-refractivity contribution < 1.29 is 28.6 Å². The van der Waals surface area contributed by atoms with Gasteiger partial charge in [0.05, 0.1) is 0 Å².